The molecule has 2 atom stereocenters. The van der Waals surface area contributed by atoms with Gasteiger partial charge in [0.1, 0.15) is 12.4 Å². The van der Waals surface area contributed by atoms with Gasteiger partial charge in [-0.2, -0.15) is 0 Å². The van der Waals surface area contributed by atoms with Gasteiger partial charge in [0.15, 0.2) is 11.9 Å². The number of nitrogens with one attached hydrogen (secondary N) is 1. The maximum Gasteiger partial charge on any atom is 0.328 e. The SMILES string of the molecule is Cc1nc2cc3c(cc2c(=O)[nH]1)C(N(C)c1ccccc1/C(=N\[C@@H](CCc1nnnn1CC(=O)O)C(=O)O)OF)CC3. The minimum absolute atomic E-state index is 0.0256. The molecule has 0 saturated carbocycles. The highest BCUT2D eigenvalue weighted by Gasteiger charge is 2.30. The molecule has 0 radical (unpaired) electrons. The molecule has 5 rings (SSSR count). The summed E-state index contributed by atoms with van der Waals surface area (Å²) in [6.07, 6.45) is 1.30. The zero-order valence-corrected chi connectivity index (χ0v) is 22.7. The number of nitrogens with zero attached hydrogens (tertiary/aromatic N) is 7. The molecule has 1 unspecified atom stereocenters. The van der Waals surface area contributed by atoms with Crippen molar-refractivity contribution in [3.05, 3.63) is 75.1 Å². The fourth-order valence-corrected chi connectivity index (χ4v) is 5.30. The molecule has 4 aromatic rings. The summed E-state index contributed by atoms with van der Waals surface area (Å²) in [5, 5.41) is 30.1. The number of rotatable bonds is 10. The van der Waals surface area contributed by atoms with Gasteiger partial charge in [0.05, 0.1) is 22.5 Å². The molecule has 2 aromatic heterocycles. The number of aliphatic imine (C=N–C) groups is 1. The number of halogens is 1. The minimum atomic E-state index is -1.44. The number of tetrazole rings is 1. The van der Waals surface area contributed by atoms with E-state index in [4.69, 9.17) is 5.11 Å². The lowest BCUT2D eigenvalue weighted by molar-refractivity contribution is -0.139. The molecule has 218 valence electrons. The second-order valence-corrected chi connectivity index (χ2v) is 9.95. The average Bonchev–Trinajstić information content (AvgIpc) is 3.57. The maximum absolute atomic E-state index is 14.0. The number of hydrogen-bond donors (Lipinski definition) is 3. The molecule has 14 nitrogen and oxygen atoms in total. The van der Waals surface area contributed by atoms with E-state index in [1.165, 1.54) is 0 Å². The number of aromatic nitrogens is 6. The summed E-state index contributed by atoms with van der Waals surface area (Å²) in [4.78, 5) is 53.0. The summed E-state index contributed by atoms with van der Waals surface area (Å²) in [6, 6.07) is 8.89. The Balaban J connectivity index is 1.44. The molecule has 2 aromatic carbocycles. The third-order valence-corrected chi connectivity index (χ3v) is 7.28. The number of carboxylic acid groups (broad SMARTS) is 2. The number of H-pyrrole nitrogens is 1. The average molecular weight is 579 g/mol. The number of carbonyl (C=O) groups is 2. The first-order chi connectivity index (χ1) is 20.2. The molecule has 1 aliphatic carbocycles. The standard InChI is InChI=1S/C27H27FN8O6/c1-14-29-20-11-15-7-9-22(17(15)12-18(20)25(39)30-14)35(2)21-6-4-3-5-16(21)26(42-28)31-19(27(40)41)8-10-23-32-33-34-36(23)13-24(37)38/h3-6,11-12,19,22H,7-10,13H2,1-2H3,(H,37,38)(H,40,41)(H,29,30,39)/b31-26+/t19-,22?/m0/s1. The number of carboxylic acids is 2. The fraction of sp³-hybridized carbons (Fsp3) is 0.333. The van der Waals surface area contributed by atoms with Crippen molar-refractivity contribution < 1.29 is 29.3 Å². The van der Waals surface area contributed by atoms with Gasteiger partial charge in [-0.05, 0) is 72.0 Å². The van der Waals surface area contributed by atoms with Gasteiger partial charge < -0.3 is 20.1 Å². The Kier molecular flexibility index (Phi) is 7.91. The Morgan fingerprint density at radius 3 is 2.81 bits per heavy atom. The van der Waals surface area contributed by atoms with Crippen LogP contribution in [-0.4, -0.2) is 71.3 Å². The van der Waals surface area contributed by atoms with Crippen LogP contribution in [0.1, 0.15) is 47.2 Å². The molecule has 0 spiro atoms. The van der Waals surface area contributed by atoms with Crippen LogP contribution in [-0.2, 0) is 33.9 Å². The van der Waals surface area contributed by atoms with Gasteiger partial charge in [-0.15, -0.1) is 5.10 Å². The monoisotopic (exact) mass is 578 g/mol. The summed E-state index contributed by atoms with van der Waals surface area (Å²) in [5.41, 5.74) is 3.16. The molecule has 0 saturated heterocycles. The summed E-state index contributed by atoms with van der Waals surface area (Å²) in [6.45, 7) is 1.23. The van der Waals surface area contributed by atoms with E-state index in [1.54, 1.807) is 31.2 Å². The van der Waals surface area contributed by atoms with Gasteiger partial charge in [0.2, 0.25) is 0 Å². The highest BCUT2D eigenvalue weighted by atomic mass is 19.3. The molecule has 0 fully saturated rings. The zero-order valence-electron chi connectivity index (χ0n) is 22.7. The van der Waals surface area contributed by atoms with Crippen LogP contribution in [0.2, 0.25) is 0 Å². The smallest absolute Gasteiger partial charge is 0.328 e. The van der Waals surface area contributed by atoms with Crippen molar-refractivity contribution in [1.82, 2.24) is 30.2 Å². The highest BCUT2D eigenvalue weighted by molar-refractivity contribution is 6.00. The lowest BCUT2D eigenvalue weighted by Crippen LogP contribution is -2.26. The number of hydrogen-bond acceptors (Lipinski definition) is 10. The first-order valence-electron chi connectivity index (χ1n) is 13.1. The van der Waals surface area contributed by atoms with Gasteiger partial charge >= 0.3 is 11.9 Å². The second kappa shape index (κ2) is 11.7. The Morgan fingerprint density at radius 2 is 2.07 bits per heavy atom. The third-order valence-electron chi connectivity index (χ3n) is 7.28. The number of anilines is 1. The lowest BCUT2D eigenvalue weighted by Gasteiger charge is -2.29. The Labute approximate surface area is 237 Å². The molecular formula is C27H27FN8O6. The van der Waals surface area contributed by atoms with Crippen LogP contribution in [0.15, 0.2) is 46.2 Å². The van der Waals surface area contributed by atoms with Crippen molar-refractivity contribution in [2.75, 3.05) is 11.9 Å². The van der Waals surface area contributed by atoms with Crippen LogP contribution in [0.25, 0.3) is 10.9 Å². The molecule has 0 aliphatic heterocycles. The highest BCUT2D eigenvalue weighted by Crippen LogP contribution is 2.40. The summed E-state index contributed by atoms with van der Waals surface area (Å²) in [7, 11) is 1.83. The minimum Gasteiger partial charge on any atom is -0.480 e. The van der Waals surface area contributed by atoms with Gasteiger partial charge in [-0.3, -0.25) is 14.5 Å². The van der Waals surface area contributed by atoms with Crippen LogP contribution >= 0.6 is 0 Å². The number of aryl methyl sites for hydroxylation is 3. The lowest BCUT2D eigenvalue weighted by atomic mass is 10.0. The van der Waals surface area contributed by atoms with E-state index >= 15 is 0 Å². The van der Waals surface area contributed by atoms with Crippen molar-refractivity contribution >= 4 is 34.4 Å². The molecule has 1 aliphatic rings. The number of para-hydroxylation sites is 1. The summed E-state index contributed by atoms with van der Waals surface area (Å²) in [5.74, 6) is -2.34. The van der Waals surface area contributed by atoms with Crippen molar-refractivity contribution in [2.45, 2.75) is 51.2 Å². The first-order valence-corrected chi connectivity index (χ1v) is 13.1. The quantitative estimate of drug-likeness (QED) is 0.185. The van der Waals surface area contributed by atoms with E-state index in [0.29, 0.717) is 22.4 Å². The molecule has 2 heterocycles. The molecule has 15 heteroatoms. The van der Waals surface area contributed by atoms with E-state index in [-0.39, 0.29) is 35.8 Å². The van der Waals surface area contributed by atoms with Crippen molar-refractivity contribution in [1.29, 1.82) is 0 Å². The van der Waals surface area contributed by atoms with Crippen LogP contribution in [0, 0.1) is 6.92 Å². The van der Waals surface area contributed by atoms with E-state index in [2.05, 4.69) is 35.4 Å². The molecule has 0 amide bonds. The number of benzene rings is 2. The van der Waals surface area contributed by atoms with Gasteiger partial charge in [-0.25, -0.2) is 19.5 Å². The van der Waals surface area contributed by atoms with Crippen molar-refractivity contribution in [2.24, 2.45) is 4.99 Å². The largest absolute Gasteiger partial charge is 0.480 e. The molecule has 3 N–H and O–H groups in total. The first kappa shape index (κ1) is 28.3. The van der Waals surface area contributed by atoms with E-state index in [0.717, 1.165) is 28.7 Å². The van der Waals surface area contributed by atoms with Crippen LogP contribution in [0.3, 0.4) is 0 Å². The number of aliphatic carboxylic acids is 2. The molecule has 42 heavy (non-hydrogen) atoms. The van der Waals surface area contributed by atoms with Gasteiger partial charge in [0.25, 0.3) is 11.5 Å². The van der Waals surface area contributed by atoms with Gasteiger partial charge in [0, 0.05) is 23.7 Å². The van der Waals surface area contributed by atoms with Crippen molar-refractivity contribution in [3.63, 3.8) is 0 Å². The van der Waals surface area contributed by atoms with Crippen LogP contribution in [0.5, 0.6) is 0 Å². The summed E-state index contributed by atoms with van der Waals surface area (Å²) < 4.78 is 15.0. The Hall–Kier alpha value is -5.21. The second-order valence-electron chi connectivity index (χ2n) is 9.95. The maximum atomic E-state index is 14.0. The fourth-order valence-electron chi connectivity index (χ4n) is 5.30. The Morgan fingerprint density at radius 1 is 1.29 bits per heavy atom. The predicted octanol–water partition coefficient (Wildman–Crippen LogP) is 2.16. The van der Waals surface area contributed by atoms with Crippen molar-refractivity contribution in [3.8, 4) is 0 Å². The normalized spacial score (nSPS) is 15.4. The Bertz CT molecular complexity index is 1750. The molecular weight excluding hydrogens is 551 g/mol. The van der Waals surface area contributed by atoms with E-state index in [9.17, 15) is 24.0 Å². The molecule has 0 bridgehead atoms. The zero-order chi connectivity index (χ0) is 30.0. The third kappa shape index (κ3) is 5.66. The van der Waals surface area contributed by atoms with E-state index < -0.39 is 30.4 Å². The predicted molar refractivity (Wildman–Crippen MR) is 147 cm³/mol. The number of fused-ring (bicyclic) bond motifs is 2. The topological polar surface area (TPSA) is 189 Å². The summed E-state index contributed by atoms with van der Waals surface area (Å²) >= 11 is 0. The van der Waals surface area contributed by atoms with Gasteiger partial charge in [-0.1, -0.05) is 12.1 Å². The number of aromatic amines is 1. The van der Waals surface area contributed by atoms with Crippen LogP contribution < -0.4 is 10.5 Å². The van der Waals surface area contributed by atoms with E-state index in [1.807, 2.05) is 24.1 Å². The van der Waals surface area contributed by atoms with Crippen LogP contribution in [0.4, 0.5) is 10.2 Å².